The summed E-state index contributed by atoms with van der Waals surface area (Å²) in [7, 11) is 9.19. The normalized spacial score (nSPS) is 14.7. The maximum atomic E-state index is 12.6. The van der Waals surface area contributed by atoms with E-state index in [0.717, 1.165) is 220 Å². The van der Waals surface area contributed by atoms with Gasteiger partial charge in [-0.15, -0.1) is 0 Å². The van der Waals surface area contributed by atoms with Crippen LogP contribution in [0.25, 0.3) is 0 Å². The van der Waals surface area contributed by atoms with E-state index < -0.39 is 93.9 Å². The minimum absolute atomic E-state index is 0.0988. The first-order chi connectivity index (χ1) is 62.8. The Hall–Kier alpha value is -9.76. The van der Waals surface area contributed by atoms with Crippen LogP contribution in [0.4, 0.5) is 122 Å². The third-order valence-corrected chi connectivity index (χ3v) is 21.6. The molecular formula is C97H123F24N9O5. The standard InChI is InChI=1S/C14H19F3N2O.2C13H16F3NO.C12H16F3NO.C12H14F3N.C12H16F3N.C11H14F3NO.C10H12F3N/c1-11-10-12(14(15,16)17)2-3-13(11)20-9-8-19-6-4-18-5-7-19;1-9-8-11(2-3-12(9)13(14,15)16)18-10-4-6-17-7-5-10;1-9-8-10(13(14,15)16)2-3-12(9)18-11-4-6-17-7-5-11;1-9-8-10(12(13,14)15)4-5-11(9)17-7-6-16(2)3;1-9-8-10(12(13,14)15)4-5-11(9)16-6-2-3-7-16;1-4-16(5-2)11-7-6-10(8-9(11)3)12(13,14)15;1-8-7-9(11(12,13)14)3-4-10(8)16-6-5-15-2;1-7-6-8(10(11,12)13)4-5-9(7)14(2)3/h2-3,10,18H,4-9H2,1H3;2-3,8,10,17H,4-7H2,1H3;2-3,8,11,17H,4-7H2,1H3;4-5,8H,6-7H2,1-3H3;4-5,8H,2-3,6-7H2,1H3;6-8H,4-5H2,1-3H3;3-4,7,15H,5-6H2,1-2H3;4-6H,1-3H3. The molecule has 4 saturated heterocycles. The molecule has 135 heavy (non-hydrogen) atoms. The highest BCUT2D eigenvalue weighted by molar-refractivity contribution is 5.57. The number of piperidine rings is 2. The molecule has 8 aromatic carbocycles. The first-order valence-electron chi connectivity index (χ1n) is 43.8. The third kappa shape index (κ3) is 40.4. The van der Waals surface area contributed by atoms with Crippen LogP contribution < -0.4 is 59.7 Å². The van der Waals surface area contributed by atoms with Crippen molar-refractivity contribution in [2.45, 2.75) is 169 Å². The fourth-order valence-electron chi connectivity index (χ4n) is 14.2. The Morgan fingerprint density at radius 1 is 0.348 bits per heavy atom. The van der Waals surface area contributed by atoms with Gasteiger partial charge in [-0.2, -0.15) is 105 Å². The number of alkyl halides is 24. The molecule has 0 amide bonds. The van der Waals surface area contributed by atoms with Crippen molar-refractivity contribution in [1.29, 1.82) is 0 Å². The predicted octanol–water partition coefficient (Wildman–Crippen LogP) is 24.7. The number of benzene rings is 8. The summed E-state index contributed by atoms with van der Waals surface area (Å²) in [5.41, 5.74) is 1.96. The van der Waals surface area contributed by atoms with E-state index in [1.165, 1.54) is 67.6 Å². The molecule has 0 atom stereocenters. The van der Waals surface area contributed by atoms with E-state index in [0.29, 0.717) is 94.1 Å². The number of piperazine rings is 1. The molecular weight excluding hydrogens is 1830 g/mol. The zero-order chi connectivity index (χ0) is 101. The van der Waals surface area contributed by atoms with Crippen LogP contribution in [0.15, 0.2) is 146 Å². The Bertz CT molecular complexity index is 4790. The number of hydrogen-bond acceptors (Lipinski definition) is 14. The van der Waals surface area contributed by atoms with Crippen molar-refractivity contribution in [3.8, 4) is 28.7 Å². The second-order valence-corrected chi connectivity index (χ2v) is 32.8. The van der Waals surface area contributed by atoms with Crippen LogP contribution in [0.1, 0.15) is 141 Å². The lowest BCUT2D eigenvalue weighted by atomic mass is 10.1. The van der Waals surface area contributed by atoms with E-state index in [1.807, 2.05) is 37.7 Å². The van der Waals surface area contributed by atoms with Gasteiger partial charge in [-0.05, 0) is 345 Å². The van der Waals surface area contributed by atoms with Crippen LogP contribution in [0, 0.1) is 55.4 Å². The zero-order valence-electron chi connectivity index (χ0n) is 78.3. The molecule has 4 heterocycles. The molecule has 0 saturated carbocycles. The van der Waals surface area contributed by atoms with E-state index in [1.54, 1.807) is 86.6 Å². The number of hydrogen-bond donors (Lipinski definition) is 4. The Labute approximate surface area is 774 Å². The topological polar surface area (TPSA) is 110 Å². The second kappa shape index (κ2) is 53.3. The Morgan fingerprint density at radius 3 is 1.03 bits per heavy atom. The van der Waals surface area contributed by atoms with Gasteiger partial charge in [-0.3, -0.25) is 4.90 Å². The van der Waals surface area contributed by atoms with E-state index in [4.69, 9.17) is 23.7 Å². The van der Waals surface area contributed by atoms with Crippen LogP contribution >= 0.6 is 0 Å². The van der Waals surface area contributed by atoms with Crippen molar-refractivity contribution < 1.29 is 129 Å². The number of aryl methyl sites for hydroxylation is 8. The van der Waals surface area contributed by atoms with Gasteiger partial charge in [-0.25, -0.2) is 0 Å². The molecule has 12 rings (SSSR count). The summed E-state index contributed by atoms with van der Waals surface area (Å²) in [4.78, 5) is 10.2. The van der Waals surface area contributed by atoms with Crippen molar-refractivity contribution in [3.63, 3.8) is 0 Å². The van der Waals surface area contributed by atoms with Gasteiger partial charge in [0.05, 0.1) is 44.5 Å². The van der Waals surface area contributed by atoms with Gasteiger partial charge in [0, 0.05) is 103 Å². The number of rotatable bonds is 21. The number of ether oxygens (including phenoxy) is 5. The van der Waals surface area contributed by atoms with Crippen molar-refractivity contribution in [2.24, 2.45) is 0 Å². The molecule has 4 fully saturated rings. The number of nitrogens with one attached hydrogen (secondary N) is 4. The van der Waals surface area contributed by atoms with Gasteiger partial charge < -0.3 is 64.6 Å². The Morgan fingerprint density at radius 2 is 0.689 bits per heavy atom. The van der Waals surface area contributed by atoms with Crippen molar-refractivity contribution in [3.05, 3.63) is 235 Å². The van der Waals surface area contributed by atoms with E-state index in [-0.39, 0.29) is 17.8 Å². The van der Waals surface area contributed by atoms with Gasteiger partial charge in [0.25, 0.3) is 0 Å². The monoisotopic (exact) mass is 1950 g/mol. The number of likely N-dealkylation sites (N-methyl/N-ethyl adjacent to an activating group) is 2. The van der Waals surface area contributed by atoms with Gasteiger partial charge >= 0.3 is 49.4 Å². The van der Waals surface area contributed by atoms with Crippen LogP contribution in [0.5, 0.6) is 28.7 Å². The van der Waals surface area contributed by atoms with Crippen molar-refractivity contribution in [2.75, 3.05) is 168 Å². The number of anilines is 3. The molecule has 0 aliphatic carbocycles. The summed E-state index contributed by atoms with van der Waals surface area (Å²) < 4.78 is 327. The van der Waals surface area contributed by atoms with Crippen molar-refractivity contribution in [1.82, 2.24) is 31.1 Å². The average molecular weight is 1950 g/mol. The highest BCUT2D eigenvalue weighted by atomic mass is 19.4. The maximum absolute atomic E-state index is 12.6. The summed E-state index contributed by atoms with van der Waals surface area (Å²) in [6.07, 6.45) is -28.2. The minimum Gasteiger partial charge on any atom is -0.492 e. The predicted molar refractivity (Wildman–Crippen MR) is 480 cm³/mol. The quantitative estimate of drug-likeness (QED) is 0.0405. The molecule has 14 nitrogen and oxygen atoms in total. The summed E-state index contributed by atoms with van der Waals surface area (Å²) in [6.45, 7) is 31.6. The van der Waals surface area contributed by atoms with E-state index in [2.05, 4.69) is 31.1 Å². The molecule has 0 aromatic heterocycles. The molecule has 0 radical (unpaired) electrons. The largest absolute Gasteiger partial charge is 0.492 e. The highest BCUT2D eigenvalue weighted by Gasteiger charge is 2.38. The first kappa shape index (κ1) is 116. The van der Waals surface area contributed by atoms with Crippen LogP contribution in [0.2, 0.25) is 0 Å². The summed E-state index contributed by atoms with van der Waals surface area (Å²) in [5.74, 6) is 2.58. The smallest absolute Gasteiger partial charge is 0.416 e. The Balaban J connectivity index is 0.000000273. The first-order valence-corrected chi connectivity index (χ1v) is 43.8. The lowest BCUT2D eigenvalue weighted by Crippen LogP contribution is -2.44. The van der Waals surface area contributed by atoms with Gasteiger partial charge in [0.1, 0.15) is 60.8 Å². The fraction of sp³-hybridized carbons (Fsp3) is 0.505. The van der Waals surface area contributed by atoms with Gasteiger partial charge in [0.2, 0.25) is 0 Å². The van der Waals surface area contributed by atoms with Gasteiger partial charge in [0.15, 0.2) is 0 Å². The molecule has 0 unspecified atom stereocenters. The summed E-state index contributed by atoms with van der Waals surface area (Å²) in [6, 6.07) is 29.8. The molecule has 0 bridgehead atoms. The summed E-state index contributed by atoms with van der Waals surface area (Å²) in [5, 5.41) is 12.6. The fourth-order valence-corrected chi connectivity index (χ4v) is 14.2. The van der Waals surface area contributed by atoms with Crippen LogP contribution in [-0.4, -0.2) is 175 Å². The van der Waals surface area contributed by atoms with E-state index in [9.17, 15) is 105 Å². The molecule has 4 aliphatic heterocycles. The molecule has 0 spiro atoms. The molecule has 38 heteroatoms. The lowest BCUT2D eigenvalue weighted by molar-refractivity contribution is -0.138. The second-order valence-electron chi connectivity index (χ2n) is 32.8. The molecule has 8 aromatic rings. The van der Waals surface area contributed by atoms with Crippen LogP contribution in [0.3, 0.4) is 0 Å². The molecule has 754 valence electrons. The van der Waals surface area contributed by atoms with Crippen molar-refractivity contribution >= 4 is 17.1 Å². The maximum Gasteiger partial charge on any atom is 0.416 e. The van der Waals surface area contributed by atoms with Gasteiger partial charge in [-0.1, -0.05) is 0 Å². The SMILES string of the molecule is CCN(CC)c1ccc(C(F)(F)F)cc1C.CNCCOc1ccc(C(F)(F)F)cc1C.Cc1cc(C(F)(F)F)ccc1N(C)C.Cc1cc(C(F)(F)F)ccc1N1CCCC1.Cc1cc(C(F)(F)F)ccc1OC1CCNCC1.Cc1cc(C(F)(F)F)ccc1OCCN(C)C.Cc1cc(C(F)(F)F)ccc1OCCN1CCNCC1.Cc1cc(OC2CCNCC2)ccc1C(F)(F)F. The Kier molecular flexibility index (Phi) is 45.7. The van der Waals surface area contributed by atoms with E-state index >= 15 is 0 Å². The highest BCUT2D eigenvalue weighted by Crippen LogP contribution is 2.41. The molecule has 4 N–H and O–H groups in total. The summed E-state index contributed by atoms with van der Waals surface area (Å²) >= 11 is 0. The average Bonchev–Trinajstić information content (AvgIpc) is 1.82. The minimum atomic E-state index is -4.30. The third-order valence-electron chi connectivity index (χ3n) is 21.6. The zero-order valence-corrected chi connectivity index (χ0v) is 78.3. The van der Waals surface area contributed by atoms with Crippen LogP contribution in [-0.2, 0) is 49.4 Å². The molecule has 4 aliphatic rings. The number of halogens is 24. The lowest BCUT2D eigenvalue weighted by Gasteiger charge is -2.27. The number of nitrogens with zero attached hydrogens (tertiary/aromatic N) is 5.